The van der Waals surface area contributed by atoms with Crippen molar-refractivity contribution in [1.82, 2.24) is 5.32 Å². The van der Waals surface area contributed by atoms with Gasteiger partial charge in [-0.25, -0.2) is 4.79 Å². The zero-order chi connectivity index (χ0) is 27.5. The first-order chi connectivity index (χ1) is 18.3. The van der Waals surface area contributed by atoms with Gasteiger partial charge in [0, 0.05) is 23.1 Å². The predicted molar refractivity (Wildman–Crippen MR) is 153 cm³/mol. The number of esters is 1. The van der Waals surface area contributed by atoms with Gasteiger partial charge in [0.1, 0.15) is 5.84 Å². The van der Waals surface area contributed by atoms with Gasteiger partial charge in [-0.3, -0.25) is 15.0 Å². The van der Waals surface area contributed by atoms with Gasteiger partial charge in [-0.05, 0) is 71.3 Å². The lowest BCUT2D eigenvalue weighted by molar-refractivity contribution is -0.129. The largest absolute Gasteiger partial charge is 0.421 e. The SMILES string of the molecule is C=CC(=O)Nc1ccc(CCNC(=N)c2ccc(-c3ccc(SC(=O)C=C)cc3)cc2)cc1OC(=O)C=C. The molecule has 192 valence electrons. The highest BCUT2D eigenvalue weighted by Crippen LogP contribution is 2.27. The quantitative estimate of drug-likeness (QED) is 0.0759. The van der Waals surface area contributed by atoms with E-state index in [1.54, 1.807) is 18.2 Å². The molecular formula is C30H27N3O4S. The Bertz CT molecular complexity index is 1380. The van der Waals surface area contributed by atoms with Crippen molar-refractivity contribution in [2.24, 2.45) is 0 Å². The maximum atomic E-state index is 11.7. The molecule has 0 aromatic heterocycles. The summed E-state index contributed by atoms with van der Waals surface area (Å²) in [6.07, 6.45) is 4.01. The number of rotatable bonds is 11. The lowest BCUT2D eigenvalue weighted by Gasteiger charge is -2.13. The second-order valence-electron chi connectivity index (χ2n) is 7.93. The summed E-state index contributed by atoms with van der Waals surface area (Å²) < 4.78 is 5.26. The zero-order valence-electron chi connectivity index (χ0n) is 20.7. The highest BCUT2D eigenvalue weighted by Gasteiger charge is 2.11. The van der Waals surface area contributed by atoms with Crippen molar-refractivity contribution < 1.29 is 19.1 Å². The normalized spacial score (nSPS) is 10.1. The van der Waals surface area contributed by atoms with E-state index in [9.17, 15) is 14.4 Å². The Balaban J connectivity index is 1.59. The minimum Gasteiger partial charge on any atom is -0.421 e. The molecule has 0 atom stereocenters. The summed E-state index contributed by atoms with van der Waals surface area (Å²) in [6.45, 7) is 10.8. The Morgan fingerprint density at radius 1 is 0.868 bits per heavy atom. The molecule has 0 bridgehead atoms. The van der Waals surface area contributed by atoms with Crippen molar-refractivity contribution in [1.29, 1.82) is 5.41 Å². The molecule has 38 heavy (non-hydrogen) atoms. The third-order valence-corrected chi connectivity index (χ3v) is 6.20. The second kappa shape index (κ2) is 13.6. The molecule has 0 spiro atoms. The first-order valence-electron chi connectivity index (χ1n) is 11.6. The molecule has 0 saturated heterocycles. The number of amidine groups is 1. The van der Waals surface area contributed by atoms with Crippen LogP contribution in [-0.4, -0.2) is 29.4 Å². The summed E-state index contributed by atoms with van der Waals surface area (Å²) in [5, 5.41) is 14.0. The van der Waals surface area contributed by atoms with Crippen molar-refractivity contribution in [2.75, 3.05) is 11.9 Å². The van der Waals surface area contributed by atoms with Crippen LogP contribution in [0.15, 0.2) is 110 Å². The number of nitrogens with one attached hydrogen (secondary N) is 3. The third-order valence-electron chi connectivity index (χ3n) is 5.33. The van der Waals surface area contributed by atoms with Gasteiger partial charge < -0.3 is 15.4 Å². The van der Waals surface area contributed by atoms with Gasteiger partial charge in [0.2, 0.25) is 11.0 Å². The van der Waals surface area contributed by atoms with E-state index in [1.165, 1.54) is 6.08 Å². The fourth-order valence-electron chi connectivity index (χ4n) is 3.38. The minimum absolute atomic E-state index is 0.0984. The van der Waals surface area contributed by atoms with Crippen LogP contribution < -0.4 is 15.4 Å². The highest BCUT2D eigenvalue weighted by atomic mass is 32.2. The average Bonchev–Trinajstić information content (AvgIpc) is 2.94. The van der Waals surface area contributed by atoms with Crippen molar-refractivity contribution in [3.05, 3.63) is 116 Å². The Morgan fingerprint density at radius 2 is 1.53 bits per heavy atom. The van der Waals surface area contributed by atoms with Crippen LogP contribution in [0.25, 0.3) is 11.1 Å². The van der Waals surface area contributed by atoms with Crippen LogP contribution in [0.4, 0.5) is 5.69 Å². The smallest absolute Gasteiger partial charge is 0.335 e. The topological polar surface area (TPSA) is 108 Å². The number of hydrogen-bond acceptors (Lipinski definition) is 6. The molecule has 1 amide bonds. The monoisotopic (exact) mass is 525 g/mol. The van der Waals surface area contributed by atoms with Crippen LogP contribution >= 0.6 is 11.8 Å². The molecule has 0 aliphatic carbocycles. The molecule has 7 nitrogen and oxygen atoms in total. The van der Waals surface area contributed by atoms with Crippen molar-refractivity contribution in [2.45, 2.75) is 11.3 Å². The molecule has 0 unspecified atom stereocenters. The number of hydrogen-bond donors (Lipinski definition) is 3. The van der Waals surface area contributed by atoms with Crippen molar-refractivity contribution in [3.8, 4) is 16.9 Å². The molecule has 0 saturated carbocycles. The molecule has 3 N–H and O–H groups in total. The van der Waals surface area contributed by atoms with Gasteiger partial charge in [0.05, 0.1) is 5.69 Å². The maximum Gasteiger partial charge on any atom is 0.335 e. The number of ether oxygens (including phenoxy) is 1. The van der Waals surface area contributed by atoms with E-state index in [2.05, 4.69) is 30.4 Å². The molecule has 0 aliphatic heterocycles. The molecule has 0 radical (unpaired) electrons. The summed E-state index contributed by atoms with van der Waals surface area (Å²) in [4.78, 5) is 35.7. The second-order valence-corrected chi connectivity index (χ2v) is 9.01. The lowest BCUT2D eigenvalue weighted by Crippen LogP contribution is -2.25. The van der Waals surface area contributed by atoms with Crippen molar-refractivity contribution in [3.63, 3.8) is 0 Å². The van der Waals surface area contributed by atoms with Gasteiger partial charge in [-0.1, -0.05) is 62.2 Å². The van der Waals surface area contributed by atoms with E-state index in [4.69, 9.17) is 10.1 Å². The van der Waals surface area contributed by atoms with E-state index < -0.39 is 11.9 Å². The number of thioether (sulfide) groups is 1. The van der Waals surface area contributed by atoms with E-state index in [1.807, 2.05) is 48.5 Å². The van der Waals surface area contributed by atoms with E-state index in [0.717, 1.165) is 51.1 Å². The predicted octanol–water partition coefficient (Wildman–Crippen LogP) is 5.53. The van der Waals surface area contributed by atoms with Gasteiger partial charge in [-0.2, -0.15) is 0 Å². The van der Waals surface area contributed by atoms with E-state index in [-0.39, 0.29) is 16.7 Å². The van der Waals surface area contributed by atoms with Gasteiger partial charge in [-0.15, -0.1) is 0 Å². The number of carbonyl (C=O) groups excluding carboxylic acids is 3. The van der Waals surface area contributed by atoms with Crippen LogP contribution in [0.3, 0.4) is 0 Å². The molecular weight excluding hydrogens is 498 g/mol. The summed E-state index contributed by atoms with van der Waals surface area (Å²) in [6, 6.07) is 20.4. The zero-order valence-corrected chi connectivity index (χ0v) is 21.5. The third kappa shape index (κ3) is 7.91. The molecule has 0 heterocycles. The van der Waals surface area contributed by atoms with Gasteiger partial charge in [0.25, 0.3) is 0 Å². The molecule has 0 aliphatic rings. The lowest BCUT2D eigenvalue weighted by atomic mass is 10.0. The van der Waals surface area contributed by atoms with E-state index in [0.29, 0.717) is 18.7 Å². The van der Waals surface area contributed by atoms with Crippen LogP contribution in [0.2, 0.25) is 0 Å². The number of anilines is 1. The van der Waals surface area contributed by atoms with Crippen molar-refractivity contribution >= 4 is 40.3 Å². The van der Waals surface area contributed by atoms with Gasteiger partial charge >= 0.3 is 5.97 Å². The number of benzene rings is 3. The number of carbonyl (C=O) groups is 3. The van der Waals surface area contributed by atoms with Crippen LogP contribution in [0.5, 0.6) is 5.75 Å². The average molecular weight is 526 g/mol. The van der Waals surface area contributed by atoms with Crippen LogP contribution in [0, 0.1) is 5.41 Å². The fraction of sp³-hybridized carbons (Fsp3) is 0.0667. The summed E-state index contributed by atoms with van der Waals surface area (Å²) in [5.41, 5.74) is 3.93. The number of amides is 1. The first-order valence-corrected chi connectivity index (χ1v) is 12.4. The Hall–Kier alpha value is -4.69. The molecule has 3 rings (SSSR count). The molecule has 3 aromatic rings. The molecule has 0 fully saturated rings. The maximum absolute atomic E-state index is 11.7. The Morgan fingerprint density at radius 3 is 2.13 bits per heavy atom. The fourth-order valence-corrected chi connectivity index (χ4v) is 3.97. The minimum atomic E-state index is -0.641. The highest BCUT2D eigenvalue weighted by molar-refractivity contribution is 8.14. The summed E-state index contributed by atoms with van der Waals surface area (Å²) >= 11 is 1.13. The molecule has 8 heteroatoms. The Labute approximate surface area is 225 Å². The van der Waals surface area contributed by atoms with Crippen LogP contribution in [0.1, 0.15) is 11.1 Å². The molecule has 3 aromatic carbocycles. The van der Waals surface area contributed by atoms with Gasteiger partial charge in [0.15, 0.2) is 5.75 Å². The van der Waals surface area contributed by atoms with E-state index >= 15 is 0 Å². The first kappa shape index (κ1) is 27.9. The summed E-state index contributed by atoms with van der Waals surface area (Å²) in [5.74, 6) is -0.588. The van der Waals surface area contributed by atoms with Crippen LogP contribution in [-0.2, 0) is 20.8 Å². The summed E-state index contributed by atoms with van der Waals surface area (Å²) in [7, 11) is 0. The standard InChI is InChI=1S/C30H27N3O4S/c1-4-27(34)33-25-16-7-20(19-26(25)37-28(35)5-2)17-18-32-30(31)23-10-8-21(9-11-23)22-12-14-24(15-13-22)38-29(36)6-3/h4-16,19H,1-3,17-18H2,(H2,31,32)(H,33,34). The Kier molecular flexibility index (Phi) is 9.96.